The average Bonchev–Trinajstić information content (AvgIpc) is 2.84. The third-order valence-electron chi connectivity index (χ3n) is 6.32. The molecular weight excluding hydrogens is 473 g/mol. The molecule has 2 nitrogen and oxygen atoms in total. The fraction of sp³-hybridized carbons (Fsp3) is 0.500. The molecule has 2 aromatic rings. The molecule has 0 fully saturated rings. The van der Waals surface area contributed by atoms with Gasteiger partial charge in [-0.05, 0) is 32.9 Å². The van der Waals surface area contributed by atoms with E-state index < -0.39 is 17.4 Å². The van der Waals surface area contributed by atoms with Gasteiger partial charge in [0, 0.05) is 12.8 Å². The fourth-order valence-electron chi connectivity index (χ4n) is 4.69. The highest BCUT2D eigenvalue weighted by Crippen LogP contribution is 2.37. The molecule has 0 saturated carbocycles. The van der Waals surface area contributed by atoms with E-state index in [9.17, 15) is 0 Å². The maximum atomic E-state index is 7.15. The van der Waals surface area contributed by atoms with Crippen LogP contribution in [0.2, 0.25) is 16.1 Å². The second-order valence-electron chi connectivity index (χ2n) is 10.9. The van der Waals surface area contributed by atoms with Gasteiger partial charge in [-0.2, -0.15) is 0 Å². The number of benzene rings is 2. The lowest BCUT2D eigenvalue weighted by Gasteiger charge is -2.44. The standard InChI is InChI=1S/C32H45O2Si2/c1-9-29(21-15-11-10-12-20-26-33-35(27(2)3)28(4)5)34-36(32(6,7)8,30-22-16-13-17-23-30)31-24-18-14-19-25-31/h13-14,16-19,22-25,27-29H,9-11,26H2,1-8H3. The van der Waals surface area contributed by atoms with Gasteiger partial charge in [0.15, 0.2) is 0 Å². The molecule has 0 aliphatic rings. The van der Waals surface area contributed by atoms with Crippen LogP contribution in [0.4, 0.5) is 0 Å². The number of rotatable bonds is 10. The Kier molecular flexibility index (Phi) is 12.2. The molecule has 4 heteroatoms. The summed E-state index contributed by atoms with van der Waals surface area (Å²) in [5.41, 5.74) is 1.20. The quantitative estimate of drug-likeness (QED) is 0.193. The molecule has 0 heterocycles. The number of hydrogen-bond acceptors (Lipinski definition) is 2. The summed E-state index contributed by atoms with van der Waals surface area (Å²) in [5, 5.41) is 2.53. The van der Waals surface area contributed by atoms with Gasteiger partial charge < -0.3 is 8.85 Å². The topological polar surface area (TPSA) is 18.5 Å². The summed E-state index contributed by atoms with van der Waals surface area (Å²) in [5.74, 6) is 13.2. The molecule has 0 saturated heterocycles. The third kappa shape index (κ3) is 8.22. The summed E-state index contributed by atoms with van der Waals surface area (Å²) in [6.07, 6.45) is 2.25. The van der Waals surface area contributed by atoms with Crippen LogP contribution in [0.25, 0.3) is 0 Å². The van der Waals surface area contributed by atoms with Crippen LogP contribution in [0.3, 0.4) is 0 Å². The molecule has 193 valence electrons. The van der Waals surface area contributed by atoms with Gasteiger partial charge in [0.1, 0.15) is 6.10 Å². The van der Waals surface area contributed by atoms with Crippen LogP contribution < -0.4 is 10.4 Å². The van der Waals surface area contributed by atoms with E-state index in [0.717, 1.165) is 19.3 Å². The Bertz CT molecular complexity index is 971. The Morgan fingerprint density at radius 1 is 0.778 bits per heavy atom. The molecule has 0 aromatic heterocycles. The minimum absolute atomic E-state index is 0.0530. The largest absolute Gasteiger partial charge is 0.405 e. The van der Waals surface area contributed by atoms with E-state index >= 15 is 0 Å². The smallest absolute Gasteiger partial charge is 0.262 e. The molecule has 1 unspecified atom stereocenters. The molecule has 0 bridgehead atoms. The van der Waals surface area contributed by atoms with E-state index in [1.54, 1.807) is 0 Å². The first-order valence-corrected chi connectivity index (χ1v) is 16.8. The summed E-state index contributed by atoms with van der Waals surface area (Å²) in [4.78, 5) is 0. The zero-order valence-corrected chi connectivity index (χ0v) is 25.7. The molecule has 0 amide bonds. The molecule has 36 heavy (non-hydrogen) atoms. The van der Waals surface area contributed by atoms with Crippen LogP contribution >= 0.6 is 0 Å². The highest BCUT2D eigenvalue weighted by molar-refractivity contribution is 6.99. The lowest BCUT2D eigenvalue weighted by molar-refractivity contribution is 0.237. The van der Waals surface area contributed by atoms with E-state index in [0.29, 0.717) is 17.7 Å². The Morgan fingerprint density at radius 2 is 1.28 bits per heavy atom. The Morgan fingerprint density at radius 3 is 1.72 bits per heavy atom. The predicted molar refractivity (Wildman–Crippen MR) is 159 cm³/mol. The van der Waals surface area contributed by atoms with E-state index in [4.69, 9.17) is 8.85 Å². The maximum Gasteiger partial charge on any atom is 0.262 e. The molecule has 1 atom stereocenters. The zero-order chi connectivity index (χ0) is 26.6. The van der Waals surface area contributed by atoms with E-state index in [2.05, 4.69) is 140 Å². The molecule has 1 radical (unpaired) electrons. The van der Waals surface area contributed by atoms with Crippen molar-refractivity contribution in [1.82, 2.24) is 0 Å². The van der Waals surface area contributed by atoms with Crippen LogP contribution in [-0.2, 0) is 8.85 Å². The lowest BCUT2D eigenvalue weighted by atomic mass is 10.2. The SMILES string of the molecule is CCC(C#CCCC#CCO[Si](C(C)C)C(C)C)O[Si](c1ccccc1)(c1ccccc1)C(C)(C)C. The first-order valence-electron chi connectivity index (χ1n) is 13.4. The van der Waals surface area contributed by atoms with Gasteiger partial charge in [-0.25, -0.2) is 0 Å². The zero-order valence-electron chi connectivity index (χ0n) is 23.7. The van der Waals surface area contributed by atoms with Gasteiger partial charge in [-0.1, -0.05) is 140 Å². The van der Waals surface area contributed by atoms with E-state index in [1.807, 2.05) is 0 Å². The monoisotopic (exact) mass is 517 g/mol. The summed E-state index contributed by atoms with van der Waals surface area (Å²) in [6.45, 7) is 18.6. The van der Waals surface area contributed by atoms with Crippen molar-refractivity contribution in [2.45, 2.75) is 96.9 Å². The van der Waals surface area contributed by atoms with Gasteiger partial charge in [0.05, 0.1) is 6.61 Å². The Labute approximate surface area is 224 Å². The predicted octanol–water partition coefficient (Wildman–Crippen LogP) is 6.96. The first-order chi connectivity index (χ1) is 17.1. The third-order valence-corrected chi connectivity index (χ3v) is 14.1. The molecule has 0 spiro atoms. The van der Waals surface area contributed by atoms with Crippen molar-refractivity contribution in [2.24, 2.45) is 0 Å². The number of unbranched alkanes of at least 4 members (excludes halogenated alkanes) is 1. The van der Waals surface area contributed by atoms with Crippen molar-refractivity contribution >= 4 is 27.7 Å². The van der Waals surface area contributed by atoms with Crippen LogP contribution in [0.5, 0.6) is 0 Å². The Balaban J connectivity index is 2.15. The lowest BCUT2D eigenvalue weighted by Crippen LogP contribution is -2.67. The number of hydrogen-bond donors (Lipinski definition) is 0. The van der Waals surface area contributed by atoms with Crippen LogP contribution in [0, 0.1) is 23.7 Å². The van der Waals surface area contributed by atoms with Crippen molar-refractivity contribution < 1.29 is 8.85 Å². The molecule has 2 aromatic carbocycles. The minimum Gasteiger partial charge on any atom is -0.405 e. The van der Waals surface area contributed by atoms with Gasteiger partial charge in [0.25, 0.3) is 8.32 Å². The van der Waals surface area contributed by atoms with E-state index in [-0.39, 0.29) is 11.1 Å². The van der Waals surface area contributed by atoms with Gasteiger partial charge in [0.2, 0.25) is 9.04 Å². The van der Waals surface area contributed by atoms with Gasteiger partial charge in [-0.3, -0.25) is 0 Å². The summed E-state index contributed by atoms with van der Waals surface area (Å²) in [6, 6.07) is 21.6. The molecule has 0 N–H and O–H groups in total. The van der Waals surface area contributed by atoms with Crippen molar-refractivity contribution in [1.29, 1.82) is 0 Å². The van der Waals surface area contributed by atoms with Crippen molar-refractivity contribution in [3.63, 3.8) is 0 Å². The fourth-order valence-corrected chi connectivity index (χ4v) is 11.6. The summed E-state index contributed by atoms with van der Waals surface area (Å²) >= 11 is 0. The van der Waals surface area contributed by atoms with Crippen LogP contribution in [-0.4, -0.2) is 30.1 Å². The van der Waals surface area contributed by atoms with Crippen molar-refractivity contribution in [3.05, 3.63) is 60.7 Å². The van der Waals surface area contributed by atoms with Crippen molar-refractivity contribution in [2.75, 3.05) is 6.61 Å². The van der Waals surface area contributed by atoms with Crippen molar-refractivity contribution in [3.8, 4) is 23.7 Å². The van der Waals surface area contributed by atoms with Gasteiger partial charge in [-0.15, -0.1) is 0 Å². The van der Waals surface area contributed by atoms with Crippen LogP contribution in [0.15, 0.2) is 60.7 Å². The Hall–Kier alpha value is -2.09. The first kappa shape index (κ1) is 30.1. The van der Waals surface area contributed by atoms with Gasteiger partial charge >= 0.3 is 0 Å². The second kappa shape index (κ2) is 14.6. The summed E-state index contributed by atoms with van der Waals surface area (Å²) < 4.78 is 13.2. The highest BCUT2D eigenvalue weighted by atomic mass is 28.4. The van der Waals surface area contributed by atoms with E-state index in [1.165, 1.54) is 10.4 Å². The second-order valence-corrected chi connectivity index (χ2v) is 18.5. The average molecular weight is 518 g/mol. The van der Waals surface area contributed by atoms with Crippen LogP contribution in [0.1, 0.15) is 74.7 Å². The summed E-state index contributed by atoms with van der Waals surface area (Å²) in [7, 11) is -3.40. The molecular formula is C32H45O2Si2. The maximum absolute atomic E-state index is 7.15. The normalized spacial score (nSPS) is 12.8. The molecule has 0 aliphatic carbocycles. The molecule has 0 aliphatic heterocycles. The molecule has 2 rings (SSSR count). The minimum atomic E-state index is -2.59. The highest BCUT2D eigenvalue weighted by Gasteiger charge is 2.51.